The van der Waals surface area contributed by atoms with E-state index < -0.39 is 24.0 Å². The molecule has 1 saturated carbocycles. The summed E-state index contributed by atoms with van der Waals surface area (Å²) in [5, 5.41) is 9.68. The van der Waals surface area contributed by atoms with E-state index in [0.717, 1.165) is 0 Å². The fourth-order valence-electron chi connectivity index (χ4n) is 3.85. The molecule has 0 radical (unpaired) electrons. The number of nitrogens with zero attached hydrogens (tertiary/aromatic N) is 1. The van der Waals surface area contributed by atoms with Crippen molar-refractivity contribution in [1.82, 2.24) is 0 Å². The average molecular weight is 476 g/mol. The zero-order chi connectivity index (χ0) is 25.6. The van der Waals surface area contributed by atoms with Gasteiger partial charge in [-0.1, -0.05) is 71.0 Å². The Morgan fingerprint density at radius 1 is 1.06 bits per heavy atom. The average Bonchev–Trinajstić information content (AvgIpc) is 3.40. The number of ether oxygens (including phenoxy) is 3. The zero-order valence-electron chi connectivity index (χ0n) is 20.9. The van der Waals surface area contributed by atoms with Crippen molar-refractivity contribution in [2.75, 3.05) is 6.61 Å². The van der Waals surface area contributed by atoms with Crippen LogP contribution in [-0.2, 0) is 19.1 Å². The maximum atomic E-state index is 12.9. The van der Waals surface area contributed by atoms with Gasteiger partial charge < -0.3 is 14.2 Å². The number of carbonyl (C=O) groups is 2. The summed E-state index contributed by atoms with van der Waals surface area (Å²) in [7, 11) is 0. The molecule has 35 heavy (non-hydrogen) atoms. The van der Waals surface area contributed by atoms with Gasteiger partial charge >= 0.3 is 11.9 Å². The summed E-state index contributed by atoms with van der Waals surface area (Å²) in [5.74, 6) is 0.409. The third kappa shape index (κ3) is 6.73. The SMILES string of the molecule is CC(C)C(C)COC(=O)C=C[C@H]1[C@@H](C(=O)O[C@H](C#N)c2cccc(Oc3ccccc3)c2)C1(C)C. The van der Waals surface area contributed by atoms with Gasteiger partial charge in [-0.15, -0.1) is 0 Å². The van der Waals surface area contributed by atoms with E-state index in [0.29, 0.717) is 29.6 Å². The van der Waals surface area contributed by atoms with Crippen molar-refractivity contribution in [3.05, 3.63) is 72.3 Å². The lowest BCUT2D eigenvalue weighted by atomic mass is 9.99. The summed E-state index contributed by atoms with van der Waals surface area (Å²) in [4.78, 5) is 25.0. The van der Waals surface area contributed by atoms with Gasteiger partial charge in [0.1, 0.15) is 17.6 Å². The van der Waals surface area contributed by atoms with Crippen LogP contribution in [0.3, 0.4) is 0 Å². The maximum absolute atomic E-state index is 12.9. The third-order valence-corrected chi connectivity index (χ3v) is 6.72. The number of rotatable bonds is 10. The molecule has 0 spiro atoms. The molecule has 0 bridgehead atoms. The highest BCUT2D eigenvalue weighted by molar-refractivity contribution is 5.83. The molecule has 3 rings (SSSR count). The summed E-state index contributed by atoms with van der Waals surface area (Å²) in [6.07, 6.45) is 2.04. The molecule has 4 atom stereocenters. The maximum Gasteiger partial charge on any atom is 0.330 e. The summed E-state index contributed by atoms with van der Waals surface area (Å²) >= 11 is 0. The first-order valence-electron chi connectivity index (χ1n) is 11.9. The first-order chi connectivity index (χ1) is 16.6. The van der Waals surface area contributed by atoms with Crippen molar-refractivity contribution < 1.29 is 23.8 Å². The molecule has 0 saturated heterocycles. The van der Waals surface area contributed by atoms with E-state index in [9.17, 15) is 14.9 Å². The molecule has 1 fully saturated rings. The van der Waals surface area contributed by atoms with Crippen LogP contribution in [0.2, 0.25) is 0 Å². The number of para-hydroxylation sites is 1. The summed E-state index contributed by atoms with van der Waals surface area (Å²) < 4.78 is 16.7. The highest BCUT2D eigenvalue weighted by Gasteiger charge is 2.61. The minimum absolute atomic E-state index is 0.169. The molecule has 1 aliphatic carbocycles. The largest absolute Gasteiger partial charge is 0.462 e. The molecule has 2 aromatic rings. The van der Waals surface area contributed by atoms with E-state index in [1.165, 1.54) is 6.08 Å². The van der Waals surface area contributed by atoms with Crippen molar-refractivity contribution in [2.45, 2.75) is 40.7 Å². The smallest absolute Gasteiger partial charge is 0.330 e. The van der Waals surface area contributed by atoms with Crippen LogP contribution in [0, 0.1) is 40.4 Å². The Balaban J connectivity index is 1.60. The minimum Gasteiger partial charge on any atom is -0.462 e. The summed E-state index contributed by atoms with van der Waals surface area (Å²) in [6, 6.07) is 18.3. The molecule has 0 amide bonds. The van der Waals surface area contributed by atoms with Crippen LogP contribution in [0.1, 0.15) is 46.3 Å². The van der Waals surface area contributed by atoms with Crippen LogP contribution < -0.4 is 4.74 Å². The summed E-state index contributed by atoms with van der Waals surface area (Å²) in [6.45, 7) is 10.4. The van der Waals surface area contributed by atoms with Gasteiger partial charge in [0.25, 0.3) is 0 Å². The molecule has 0 heterocycles. The van der Waals surface area contributed by atoms with Crippen LogP contribution in [0.15, 0.2) is 66.7 Å². The number of carbonyl (C=O) groups excluding carboxylic acids is 2. The second kappa shape index (κ2) is 11.2. The van der Waals surface area contributed by atoms with Crippen molar-refractivity contribution in [3.63, 3.8) is 0 Å². The van der Waals surface area contributed by atoms with Crippen molar-refractivity contribution in [1.29, 1.82) is 5.26 Å². The number of hydrogen-bond acceptors (Lipinski definition) is 6. The predicted molar refractivity (Wildman–Crippen MR) is 132 cm³/mol. The fraction of sp³-hybridized carbons (Fsp3) is 0.414. The Morgan fingerprint density at radius 2 is 1.74 bits per heavy atom. The first kappa shape index (κ1) is 26.0. The molecular formula is C29H33NO5. The van der Waals surface area contributed by atoms with Gasteiger partial charge in [-0.3, -0.25) is 4.79 Å². The van der Waals surface area contributed by atoms with Gasteiger partial charge in [0, 0.05) is 11.6 Å². The highest BCUT2D eigenvalue weighted by atomic mass is 16.5. The van der Waals surface area contributed by atoms with Gasteiger partial charge in [0.05, 0.1) is 12.5 Å². The van der Waals surface area contributed by atoms with Crippen molar-refractivity contribution in [3.8, 4) is 17.6 Å². The standard InChI is InChI=1S/C29H33NO5/c1-19(2)20(3)18-33-26(31)15-14-24-27(29(24,4)5)28(32)35-25(17-30)21-10-9-13-23(16-21)34-22-11-7-6-8-12-22/h6-16,19-20,24-25,27H,18H2,1-5H3/t20?,24-,25+,27-/m0/s1. The fourth-order valence-corrected chi connectivity index (χ4v) is 3.85. The van der Waals surface area contributed by atoms with Crippen LogP contribution in [-0.4, -0.2) is 18.5 Å². The second-order valence-electron chi connectivity index (χ2n) is 9.97. The number of allylic oxidation sites excluding steroid dienone is 1. The van der Waals surface area contributed by atoms with Gasteiger partial charge in [-0.25, -0.2) is 4.79 Å². The van der Waals surface area contributed by atoms with Crippen molar-refractivity contribution in [2.24, 2.45) is 29.1 Å². The van der Waals surface area contributed by atoms with Crippen LogP contribution in [0.25, 0.3) is 0 Å². The van der Waals surface area contributed by atoms with Crippen molar-refractivity contribution >= 4 is 11.9 Å². The Kier molecular flexibility index (Phi) is 8.34. The van der Waals surface area contributed by atoms with E-state index in [1.54, 1.807) is 30.3 Å². The molecule has 2 aromatic carbocycles. The van der Waals surface area contributed by atoms with E-state index in [1.807, 2.05) is 51.1 Å². The molecular weight excluding hydrogens is 442 g/mol. The Hall–Kier alpha value is -3.59. The van der Waals surface area contributed by atoms with E-state index in [4.69, 9.17) is 14.2 Å². The lowest BCUT2D eigenvalue weighted by Gasteiger charge is -2.14. The lowest BCUT2D eigenvalue weighted by molar-refractivity contribution is -0.149. The molecule has 0 N–H and O–H groups in total. The van der Waals surface area contributed by atoms with E-state index >= 15 is 0 Å². The topological polar surface area (TPSA) is 85.6 Å². The summed E-state index contributed by atoms with van der Waals surface area (Å²) in [5.41, 5.74) is 0.153. The molecule has 6 heteroatoms. The molecule has 1 unspecified atom stereocenters. The zero-order valence-corrected chi connectivity index (χ0v) is 20.9. The van der Waals surface area contributed by atoms with Crippen LogP contribution >= 0.6 is 0 Å². The molecule has 184 valence electrons. The van der Waals surface area contributed by atoms with E-state index in [2.05, 4.69) is 19.9 Å². The number of esters is 2. The molecule has 1 aliphatic rings. The second-order valence-corrected chi connectivity index (χ2v) is 9.97. The monoisotopic (exact) mass is 475 g/mol. The Bertz CT molecular complexity index is 1100. The highest BCUT2D eigenvalue weighted by Crippen LogP contribution is 2.59. The first-order valence-corrected chi connectivity index (χ1v) is 11.9. The Morgan fingerprint density at radius 3 is 2.40 bits per heavy atom. The van der Waals surface area contributed by atoms with Crippen LogP contribution in [0.4, 0.5) is 0 Å². The van der Waals surface area contributed by atoms with Gasteiger partial charge in [0.15, 0.2) is 0 Å². The Labute approximate surface area is 207 Å². The van der Waals surface area contributed by atoms with Crippen LogP contribution in [0.5, 0.6) is 11.5 Å². The molecule has 0 aromatic heterocycles. The van der Waals surface area contributed by atoms with Gasteiger partial charge in [-0.05, 0) is 47.4 Å². The number of hydrogen-bond donors (Lipinski definition) is 0. The number of nitriles is 1. The quantitative estimate of drug-likeness (QED) is 0.298. The normalized spacial score (nSPS) is 20.0. The number of benzene rings is 2. The predicted octanol–water partition coefficient (Wildman–Crippen LogP) is 6.25. The molecule has 0 aliphatic heterocycles. The lowest BCUT2D eigenvalue weighted by Crippen LogP contribution is -2.15. The minimum atomic E-state index is -1.06. The third-order valence-electron chi connectivity index (χ3n) is 6.72. The van der Waals surface area contributed by atoms with Gasteiger partial charge in [0.2, 0.25) is 6.10 Å². The molecule has 6 nitrogen and oxygen atoms in total. The van der Waals surface area contributed by atoms with Gasteiger partial charge in [-0.2, -0.15) is 5.26 Å². The van der Waals surface area contributed by atoms with E-state index in [-0.39, 0.29) is 17.3 Å².